The maximum Gasteiger partial charge on any atom is 0.254 e. The van der Waals surface area contributed by atoms with Crippen molar-refractivity contribution in [3.63, 3.8) is 0 Å². The Bertz CT molecular complexity index is 1490. The molecule has 0 aliphatic carbocycles. The van der Waals surface area contributed by atoms with Gasteiger partial charge in [0.2, 0.25) is 0 Å². The van der Waals surface area contributed by atoms with Crippen LogP contribution < -0.4 is 4.74 Å². The molecule has 0 unspecified atom stereocenters. The van der Waals surface area contributed by atoms with E-state index in [2.05, 4.69) is 53.1 Å². The SMILES string of the molecule is O=C(c1ccccc1)N1CCc2c(n(Cc3ccc(OCc4ccccc4)cc3)c3ccccc23)C1. The summed E-state index contributed by atoms with van der Waals surface area (Å²) in [5.74, 6) is 0.958. The predicted octanol–water partition coefficient (Wildman–Crippen LogP) is 6.47. The van der Waals surface area contributed by atoms with Crippen LogP contribution in [0.4, 0.5) is 0 Å². The first-order valence-electron chi connectivity index (χ1n) is 12.5. The molecule has 1 aliphatic rings. The fourth-order valence-electron chi connectivity index (χ4n) is 5.13. The molecular formula is C32H28N2O2. The molecule has 4 aromatic carbocycles. The number of carbonyl (C=O) groups excluding carboxylic acids is 1. The zero-order valence-electron chi connectivity index (χ0n) is 20.1. The Morgan fingerprint density at radius 3 is 2.22 bits per heavy atom. The quantitative estimate of drug-likeness (QED) is 0.284. The van der Waals surface area contributed by atoms with E-state index in [1.807, 2.05) is 65.6 Å². The lowest BCUT2D eigenvalue weighted by atomic mass is 10.0. The van der Waals surface area contributed by atoms with Crippen LogP contribution >= 0.6 is 0 Å². The van der Waals surface area contributed by atoms with Crippen molar-refractivity contribution in [2.45, 2.75) is 26.1 Å². The molecule has 36 heavy (non-hydrogen) atoms. The second kappa shape index (κ2) is 9.74. The maximum absolute atomic E-state index is 13.2. The van der Waals surface area contributed by atoms with E-state index in [1.54, 1.807) is 0 Å². The molecule has 1 aliphatic heterocycles. The highest BCUT2D eigenvalue weighted by Gasteiger charge is 2.27. The smallest absolute Gasteiger partial charge is 0.254 e. The monoisotopic (exact) mass is 472 g/mol. The van der Waals surface area contributed by atoms with Crippen molar-refractivity contribution in [2.24, 2.45) is 0 Å². The first-order valence-corrected chi connectivity index (χ1v) is 12.5. The van der Waals surface area contributed by atoms with Crippen LogP contribution in [0, 0.1) is 0 Å². The highest BCUT2D eigenvalue weighted by atomic mass is 16.5. The molecule has 2 heterocycles. The summed E-state index contributed by atoms with van der Waals surface area (Å²) in [5.41, 5.74) is 6.93. The molecule has 0 spiro atoms. The molecule has 0 atom stereocenters. The van der Waals surface area contributed by atoms with E-state index in [1.165, 1.54) is 27.7 Å². The van der Waals surface area contributed by atoms with E-state index >= 15 is 0 Å². The largest absolute Gasteiger partial charge is 0.489 e. The van der Waals surface area contributed by atoms with Crippen LogP contribution in [0.1, 0.15) is 32.7 Å². The van der Waals surface area contributed by atoms with Crippen LogP contribution in [-0.2, 0) is 26.1 Å². The van der Waals surface area contributed by atoms with Gasteiger partial charge in [0.05, 0.1) is 6.54 Å². The fraction of sp³-hybridized carbons (Fsp3) is 0.156. The van der Waals surface area contributed by atoms with Gasteiger partial charge in [0, 0.05) is 35.2 Å². The third kappa shape index (κ3) is 4.38. The highest BCUT2D eigenvalue weighted by molar-refractivity contribution is 5.95. The molecule has 0 radical (unpaired) electrons. The molecule has 178 valence electrons. The number of nitrogens with zero attached hydrogens (tertiary/aromatic N) is 2. The van der Waals surface area contributed by atoms with Crippen LogP contribution in [-0.4, -0.2) is 21.9 Å². The van der Waals surface area contributed by atoms with Crippen LogP contribution in [0.15, 0.2) is 109 Å². The van der Waals surface area contributed by atoms with Gasteiger partial charge in [-0.25, -0.2) is 0 Å². The van der Waals surface area contributed by atoms with Crippen molar-refractivity contribution in [1.82, 2.24) is 9.47 Å². The van der Waals surface area contributed by atoms with Gasteiger partial charge in [-0.15, -0.1) is 0 Å². The number of para-hydroxylation sites is 1. The summed E-state index contributed by atoms with van der Waals surface area (Å²) < 4.78 is 8.36. The van der Waals surface area contributed by atoms with E-state index in [0.29, 0.717) is 13.2 Å². The summed E-state index contributed by atoms with van der Waals surface area (Å²) in [5, 5.41) is 1.29. The number of carbonyl (C=O) groups is 1. The molecule has 4 nitrogen and oxygen atoms in total. The van der Waals surface area contributed by atoms with Gasteiger partial charge in [-0.05, 0) is 53.4 Å². The lowest BCUT2D eigenvalue weighted by Crippen LogP contribution is -2.36. The summed E-state index contributed by atoms with van der Waals surface area (Å²) in [6.07, 6.45) is 0.869. The van der Waals surface area contributed by atoms with Crippen molar-refractivity contribution < 1.29 is 9.53 Å². The van der Waals surface area contributed by atoms with E-state index in [9.17, 15) is 4.79 Å². The summed E-state index contributed by atoms with van der Waals surface area (Å²) in [6, 6.07) is 36.7. The lowest BCUT2D eigenvalue weighted by Gasteiger charge is -2.29. The number of aromatic nitrogens is 1. The fourth-order valence-corrected chi connectivity index (χ4v) is 5.13. The lowest BCUT2D eigenvalue weighted by molar-refractivity contribution is 0.0731. The normalized spacial score (nSPS) is 12.9. The molecule has 0 bridgehead atoms. The van der Waals surface area contributed by atoms with E-state index in [4.69, 9.17) is 4.74 Å². The number of rotatable bonds is 6. The third-order valence-electron chi connectivity index (χ3n) is 6.99. The van der Waals surface area contributed by atoms with Crippen molar-refractivity contribution in [3.05, 3.63) is 137 Å². The first-order chi connectivity index (χ1) is 17.8. The maximum atomic E-state index is 13.2. The molecule has 1 aromatic heterocycles. The predicted molar refractivity (Wildman–Crippen MR) is 143 cm³/mol. The van der Waals surface area contributed by atoms with Gasteiger partial charge in [-0.1, -0.05) is 78.9 Å². The number of benzene rings is 4. The minimum absolute atomic E-state index is 0.0953. The zero-order valence-corrected chi connectivity index (χ0v) is 20.1. The molecule has 6 rings (SSSR count). The zero-order chi connectivity index (χ0) is 24.3. The van der Waals surface area contributed by atoms with Crippen LogP contribution in [0.5, 0.6) is 5.75 Å². The Morgan fingerprint density at radius 2 is 1.44 bits per heavy atom. The van der Waals surface area contributed by atoms with Gasteiger partial charge in [-0.2, -0.15) is 0 Å². The molecule has 0 fully saturated rings. The molecule has 0 saturated carbocycles. The number of amides is 1. The van der Waals surface area contributed by atoms with E-state index in [0.717, 1.165) is 36.4 Å². The van der Waals surface area contributed by atoms with Gasteiger partial charge in [0.1, 0.15) is 12.4 Å². The van der Waals surface area contributed by atoms with Crippen molar-refractivity contribution in [1.29, 1.82) is 0 Å². The van der Waals surface area contributed by atoms with Gasteiger partial charge in [0.15, 0.2) is 0 Å². The topological polar surface area (TPSA) is 34.5 Å². The Kier molecular flexibility index (Phi) is 6.00. The van der Waals surface area contributed by atoms with Crippen molar-refractivity contribution in [3.8, 4) is 5.75 Å². The number of hydrogen-bond donors (Lipinski definition) is 0. The number of hydrogen-bond acceptors (Lipinski definition) is 2. The van der Waals surface area contributed by atoms with Crippen molar-refractivity contribution in [2.75, 3.05) is 6.54 Å². The first kappa shape index (κ1) is 22.2. The Labute approximate surface area is 211 Å². The molecule has 5 aromatic rings. The minimum Gasteiger partial charge on any atom is -0.489 e. The van der Waals surface area contributed by atoms with Crippen LogP contribution in [0.25, 0.3) is 10.9 Å². The highest BCUT2D eigenvalue weighted by Crippen LogP contribution is 2.32. The molecule has 1 amide bonds. The number of fused-ring (bicyclic) bond motifs is 3. The molecule has 4 heteroatoms. The van der Waals surface area contributed by atoms with Crippen molar-refractivity contribution >= 4 is 16.8 Å². The second-order valence-corrected chi connectivity index (χ2v) is 9.29. The Morgan fingerprint density at radius 1 is 0.750 bits per heavy atom. The standard InChI is InChI=1S/C32H28N2O2/c35-32(26-11-5-2-6-12-26)33-20-19-29-28-13-7-8-14-30(28)34(31(29)22-33)21-24-15-17-27(18-16-24)36-23-25-9-3-1-4-10-25/h1-18H,19-23H2. The summed E-state index contributed by atoms with van der Waals surface area (Å²) in [6.45, 7) is 2.67. The van der Waals surface area contributed by atoms with Gasteiger partial charge in [0.25, 0.3) is 5.91 Å². The average molecular weight is 473 g/mol. The van der Waals surface area contributed by atoms with E-state index in [-0.39, 0.29) is 5.91 Å². The Balaban J connectivity index is 1.25. The second-order valence-electron chi connectivity index (χ2n) is 9.29. The van der Waals surface area contributed by atoms with Gasteiger partial charge < -0.3 is 14.2 Å². The number of ether oxygens (including phenoxy) is 1. The molecule has 0 saturated heterocycles. The van der Waals surface area contributed by atoms with Gasteiger partial charge in [-0.3, -0.25) is 4.79 Å². The van der Waals surface area contributed by atoms with E-state index < -0.39 is 0 Å². The summed E-state index contributed by atoms with van der Waals surface area (Å²) in [4.78, 5) is 15.2. The van der Waals surface area contributed by atoms with Crippen LogP contribution in [0.2, 0.25) is 0 Å². The minimum atomic E-state index is 0.0953. The summed E-state index contributed by atoms with van der Waals surface area (Å²) >= 11 is 0. The van der Waals surface area contributed by atoms with Gasteiger partial charge >= 0.3 is 0 Å². The Hall–Kier alpha value is -4.31. The third-order valence-corrected chi connectivity index (χ3v) is 6.99. The molecule has 0 N–H and O–H groups in total. The average Bonchev–Trinajstić information content (AvgIpc) is 3.26. The van der Waals surface area contributed by atoms with Crippen LogP contribution in [0.3, 0.4) is 0 Å². The summed E-state index contributed by atoms with van der Waals surface area (Å²) in [7, 11) is 0. The molecular weight excluding hydrogens is 444 g/mol.